The lowest BCUT2D eigenvalue weighted by atomic mass is 10.3. The second-order valence-corrected chi connectivity index (χ2v) is 2.24. The minimum Gasteiger partial charge on any atom is -0.478 e. The normalized spacial score (nSPS) is 12.2. The van der Waals surface area contributed by atoms with Crippen LogP contribution < -0.4 is 0 Å². The van der Waals surface area contributed by atoms with E-state index in [2.05, 4.69) is 4.74 Å². The monoisotopic (exact) mass is 180 g/mol. The lowest BCUT2D eigenvalue weighted by Gasteiger charge is -2.01. The number of carboxylic acids is 1. The van der Waals surface area contributed by atoms with Gasteiger partial charge in [0, 0.05) is 6.08 Å². The first kappa shape index (κ1) is 11.0. The maximum atomic E-state index is 11.5. The van der Waals surface area contributed by atoms with Gasteiger partial charge in [-0.2, -0.15) is 0 Å². The molecule has 0 aromatic carbocycles. The van der Waals surface area contributed by atoms with Crippen LogP contribution in [0.15, 0.2) is 11.6 Å². The van der Waals surface area contributed by atoms with Crippen molar-refractivity contribution in [3.8, 4) is 0 Å². The predicted octanol–water partition coefficient (Wildman–Crippen LogP) is 1.30. The van der Waals surface area contributed by atoms with Crippen LogP contribution in [0.4, 0.5) is 8.78 Å². The highest BCUT2D eigenvalue weighted by Gasteiger charge is 2.02. The van der Waals surface area contributed by atoms with Crippen LogP contribution >= 0.6 is 0 Å². The van der Waals surface area contributed by atoms with Crippen molar-refractivity contribution in [1.82, 2.24) is 0 Å². The highest BCUT2D eigenvalue weighted by atomic mass is 19.3. The van der Waals surface area contributed by atoms with Gasteiger partial charge in [0.2, 0.25) is 0 Å². The molecular formula is C7H10F2O3. The summed E-state index contributed by atoms with van der Waals surface area (Å²) in [5.41, 5.74) is 0.406. The van der Waals surface area contributed by atoms with Gasteiger partial charge >= 0.3 is 5.97 Å². The molecule has 0 aromatic rings. The quantitative estimate of drug-likeness (QED) is 0.648. The zero-order valence-corrected chi connectivity index (χ0v) is 6.59. The van der Waals surface area contributed by atoms with Gasteiger partial charge in [-0.25, -0.2) is 13.6 Å². The molecule has 0 bridgehead atoms. The third kappa shape index (κ3) is 7.14. The summed E-state index contributed by atoms with van der Waals surface area (Å²) in [5, 5.41) is 8.21. The van der Waals surface area contributed by atoms with Gasteiger partial charge < -0.3 is 9.84 Å². The number of halogens is 2. The Bertz CT molecular complexity index is 177. The first-order chi connectivity index (χ1) is 5.52. The van der Waals surface area contributed by atoms with Gasteiger partial charge in [-0.05, 0) is 12.5 Å². The van der Waals surface area contributed by atoms with Crippen LogP contribution in [0.3, 0.4) is 0 Å². The minimum atomic E-state index is -2.51. The number of aliphatic carboxylic acids is 1. The van der Waals surface area contributed by atoms with Crippen LogP contribution in [0.2, 0.25) is 0 Å². The fourth-order valence-corrected chi connectivity index (χ4v) is 0.561. The van der Waals surface area contributed by atoms with E-state index in [1.807, 2.05) is 0 Å². The van der Waals surface area contributed by atoms with Crippen LogP contribution in [-0.2, 0) is 9.53 Å². The van der Waals surface area contributed by atoms with Crippen LogP contribution in [0.1, 0.15) is 6.92 Å². The van der Waals surface area contributed by atoms with E-state index in [1.165, 1.54) is 6.92 Å². The number of hydrogen-bond donors (Lipinski definition) is 1. The Morgan fingerprint density at radius 3 is 2.67 bits per heavy atom. The first-order valence-corrected chi connectivity index (χ1v) is 3.28. The molecule has 0 rings (SSSR count). The second-order valence-electron chi connectivity index (χ2n) is 2.24. The molecule has 0 atom stereocenters. The lowest BCUT2D eigenvalue weighted by molar-refractivity contribution is -0.131. The van der Waals surface area contributed by atoms with E-state index < -0.39 is 19.0 Å². The molecule has 1 N–H and O–H groups in total. The van der Waals surface area contributed by atoms with Crippen molar-refractivity contribution >= 4 is 5.97 Å². The molecule has 0 aliphatic rings. The number of carbonyl (C=O) groups is 1. The highest BCUT2D eigenvalue weighted by molar-refractivity contribution is 5.80. The van der Waals surface area contributed by atoms with E-state index in [4.69, 9.17) is 5.11 Å². The molecule has 0 heterocycles. The molecule has 0 aromatic heterocycles. The average molecular weight is 180 g/mol. The molecule has 0 aliphatic carbocycles. The number of rotatable bonds is 5. The summed E-state index contributed by atoms with van der Waals surface area (Å²) < 4.78 is 27.5. The third-order valence-electron chi connectivity index (χ3n) is 0.943. The van der Waals surface area contributed by atoms with Crippen molar-refractivity contribution in [1.29, 1.82) is 0 Å². The molecule has 0 amide bonds. The Kier molecular flexibility index (Phi) is 5.19. The second kappa shape index (κ2) is 5.65. The Balaban J connectivity index is 3.57. The number of ether oxygens (including phenoxy) is 1. The van der Waals surface area contributed by atoms with Crippen LogP contribution in [0.25, 0.3) is 0 Å². The SMILES string of the molecule is CC(=CC(=O)O)COCC(F)F. The number of carboxylic acid groups (broad SMARTS) is 1. The fourth-order valence-electron chi connectivity index (χ4n) is 0.561. The summed E-state index contributed by atoms with van der Waals surface area (Å²) in [7, 11) is 0. The summed E-state index contributed by atoms with van der Waals surface area (Å²) in [6, 6.07) is 0. The van der Waals surface area contributed by atoms with Gasteiger partial charge in [0.1, 0.15) is 6.61 Å². The minimum absolute atomic E-state index is 0.0728. The Morgan fingerprint density at radius 1 is 1.67 bits per heavy atom. The zero-order valence-electron chi connectivity index (χ0n) is 6.59. The van der Waals surface area contributed by atoms with Crippen molar-refractivity contribution in [3.63, 3.8) is 0 Å². The smallest absolute Gasteiger partial charge is 0.328 e. The van der Waals surface area contributed by atoms with Crippen molar-refractivity contribution < 1.29 is 23.4 Å². The fraction of sp³-hybridized carbons (Fsp3) is 0.571. The number of hydrogen-bond acceptors (Lipinski definition) is 2. The molecular weight excluding hydrogens is 170 g/mol. The van der Waals surface area contributed by atoms with E-state index in [9.17, 15) is 13.6 Å². The van der Waals surface area contributed by atoms with Crippen LogP contribution in [0, 0.1) is 0 Å². The van der Waals surface area contributed by atoms with Gasteiger partial charge in [-0.15, -0.1) is 0 Å². The van der Waals surface area contributed by atoms with E-state index in [0.29, 0.717) is 5.57 Å². The Labute approximate surface area is 68.6 Å². The molecule has 0 radical (unpaired) electrons. The van der Waals surface area contributed by atoms with Gasteiger partial charge in [0.05, 0.1) is 6.61 Å². The Hall–Kier alpha value is -0.970. The molecule has 0 spiro atoms. The third-order valence-corrected chi connectivity index (χ3v) is 0.943. The predicted molar refractivity (Wildman–Crippen MR) is 38.2 cm³/mol. The maximum absolute atomic E-state index is 11.5. The summed E-state index contributed by atoms with van der Waals surface area (Å²) >= 11 is 0. The maximum Gasteiger partial charge on any atom is 0.328 e. The van der Waals surface area contributed by atoms with E-state index in [-0.39, 0.29) is 6.61 Å². The molecule has 3 nitrogen and oxygen atoms in total. The largest absolute Gasteiger partial charge is 0.478 e. The zero-order chi connectivity index (χ0) is 9.56. The molecule has 12 heavy (non-hydrogen) atoms. The molecule has 0 aliphatic heterocycles. The Morgan fingerprint density at radius 2 is 2.25 bits per heavy atom. The van der Waals surface area contributed by atoms with E-state index in [0.717, 1.165) is 6.08 Å². The van der Waals surface area contributed by atoms with Gasteiger partial charge in [0.25, 0.3) is 6.43 Å². The summed E-state index contributed by atoms with van der Waals surface area (Å²) in [4.78, 5) is 10.0. The molecule has 0 saturated heterocycles. The summed E-state index contributed by atoms with van der Waals surface area (Å²) in [6.45, 7) is 0.765. The van der Waals surface area contributed by atoms with E-state index >= 15 is 0 Å². The molecule has 5 heteroatoms. The lowest BCUT2D eigenvalue weighted by Crippen LogP contribution is -2.06. The first-order valence-electron chi connectivity index (χ1n) is 3.28. The summed E-state index contributed by atoms with van der Waals surface area (Å²) in [6.07, 6.45) is -1.59. The van der Waals surface area contributed by atoms with Crippen molar-refractivity contribution in [2.24, 2.45) is 0 Å². The van der Waals surface area contributed by atoms with Gasteiger partial charge in [-0.1, -0.05) is 0 Å². The van der Waals surface area contributed by atoms with Crippen LogP contribution in [-0.4, -0.2) is 30.7 Å². The van der Waals surface area contributed by atoms with Crippen LogP contribution in [0.5, 0.6) is 0 Å². The van der Waals surface area contributed by atoms with Crippen molar-refractivity contribution in [2.75, 3.05) is 13.2 Å². The van der Waals surface area contributed by atoms with E-state index in [1.54, 1.807) is 0 Å². The van der Waals surface area contributed by atoms with Gasteiger partial charge in [0.15, 0.2) is 0 Å². The molecule has 0 saturated carbocycles. The average Bonchev–Trinajstić information content (AvgIpc) is 1.84. The highest BCUT2D eigenvalue weighted by Crippen LogP contribution is 1.97. The molecule has 0 fully saturated rings. The number of alkyl halides is 2. The van der Waals surface area contributed by atoms with Crippen molar-refractivity contribution in [2.45, 2.75) is 13.3 Å². The molecule has 70 valence electrons. The topological polar surface area (TPSA) is 46.5 Å². The molecule has 0 unspecified atom stereocenters. The van der Waals surface area contributed by atoms with Crippen molar-refractivity contribution in [3.05, 3.63) is 11.6 Å². The summed E-state index contributed by atoms with van der Waals surface area (Å²) in [5.74, 6) is -1.10. The van der Waals surface area contributed by atoms with Gasteiger partial charge in [-0.3, -0.25) is 0 Å². The standard InChI is InChI=1S/C7H10F2O3/c1-5(2-7(10)11)3-12-4-6(8)9/h2,6H,3-4H2,1H3,(H,10,11).